The number of hydrogen-bond acceptors (Lipinski definition) is 6. The lowest BCUT2D eigenvalue weighted by Gasteiger charge is -2.10. The molecule has 0 fully saturated rings. The van der Waals surface area contributed by atoms with Gasteiger partial charge in [0.25, 0.3) is 0 Å². The van der Waals surface area contributed by atoms with E-state index in [2.05, 4.69) is 20.1 Å². The summed E-state index contributed by atoms with van der Waals surface area (Å²) in [6.07, 6.45) is 4.53. The molecule has 0 aliphatic carbocycles. The van der Waals surface area contributed by atoms with Crippen LogP contribution in [0, 0.1) is 0 Å². The minimum atomic E-state index is -3.58. The van der Waals surface area contributed by atoms with Crippen LogP contribution in [0.15, 0.2) is 28.9 Å². The molecule has 0 aliphatic heterocycles. The molecule has 9 heteroatoms. The van der Waals surface area contributed by atoms with Crippen molar-refractivity contribution in [2.75, 3.05) is 13.6 Å². The molecule has 0 saturated heterocycles. The predicted octanol–water partition coefficient (Wildman–Crippen LogP) is 0.598. The molecule has 0 radical (unpaired) electrons. The van der Waals surface area contributed by atoms with E-state index in [9.17, 15) is 8.42 Å². The number of aromatic nitrogens is 3. The van der Waals surface area contributed by atoms with Crippen LogP contribution < -0.4 is 10.0 Å². The summed E-state index contributed by atoms with van der Waals surface area (Å²) >= 11 is 1.42. The first-order valence-corrected chi connectivity index (χ1v) is 8.48. The number of sulfonamides is 1. The van der Waals surface area contributed by atoms with Gasteiger partial charge in [0.15, 0.2) is 0 Å². The van der Waals surface area contributed by atoms with Gasteiger partial charge in [-0.2, -0.15) is 5.10 Å². The number of likely N-dealkylation sites (N-methyl/N-ethyl adjacent to an activating group) is 1. The third kappa shape index (κ3) is 3.63. The van der Waals surface area contributed by atoms with Crippen molar-refractivity contribution < 1.29 is 8.42 Å². The van der Waals surface area contributed by atoms with E-state index in [-0.39, 0.29) is 10.9 Å². The Kier molecular flexibility index (Phi) is 4.86. The molecule has 0 amide bonds. The van der Waals surface area contributed by atoms with Gasteiger partial charge in [-0.3, -0.25) is 4.68 Å². The maximum absolute atomic E-state index is 12.2. The van der Waals surface area contributed by atoms with Crippen molar-refractivity contribution in [1.82, 2.24) is 24.8 Å². The average Bonchev–Trinajstić information content (AvgIpc) is 3.07. The lowest BCUT2D eigenvalue weighted by molar-refractivity contribution is 0.564. The van der Waals surface area contributed by atoms with Crippen molar-refractivity contribution in [3.8, 4) is 0 Å². The van der Waals surface area contributed by atoms with Crippen molar-refractivity contribution in [2.24, 2.45) is 0 Å². The number of hydrogen-bond donors (Lipinski definition) is 2. The monoisotopic (exact) mass is 315 g/mol. The summed E-state index contributed by atoms with van der Waals surface area (Å²) in [6, 6.07) is -0.361. The van der Waals surface area contributed by atoms with Crippen LogP contribution in [-0.2, 0) is 16.6 Å². The minimum absolute atomic E-state index is 0.164. The number of thiazole rings is 1. The van der Waals surface area contributed by atoms with Crippen LogP contribution in [0.2, 0.25) is 0 Å². The second kappa shape index (κ2) is 6.44. The summed E-state index contributed by atoms with van der Waals surface area (Å²) in [7, 11) is -1.75. The Morgan fingerprint density at radius 2 is 2.30 bits per heavy atom. The third-order valence-electron chi connectivity index (χ3n) is 2.66. The summed E-state index contributed by atoms with van der Waals surface area (Å²) in [4.78, 5) is 4.27. The van der Waals surface area contributed by atoms with E-state index >= 15 is 0 Å². The van der Waals surface area contributed by atoms with Crippen molar-refractivity contribution in [3.63, 3.8) is 0 Å². The fourth-order valence-electron chi connectivity index (χ4n) is 1.63. The highest BCUT2D eigenvalue weighted by Gasteiger charge is 2.21. The molecule has 2 N–H and O–H groups in total. The van der Waals surface area contributed by atoms with Crippen LogP contribution in [0.4, 0.5) is 0 Å². The summed E-state index contributed by atoms with van der Waals surface area (Å²) < 4.78 is 28.6. The van der Waals surface area contributed by atoms with E-state index < -0.39 is 10.0 Å². The molecule has 7 nitrogen and oxygen atoms in total. The second-order valence-electron chi connectivity index (χ2n) is 4.26. The molecule has 1 atom stereocenters. The van der Waals surface area contributed by atoms with E-state index in [1.807, 2.05) is 12.4 Å². The molecule has 2 heterocycles. The van der Waals surface area contributed by atoms with E-state index in [0.29, 0.717) is 6.54 Å². The van der Waals surface area contributed by atoms with Gasteiger partial charge in [-0.25, -0.2) is 18.1 Å². The number of rotatable bonds is 7. The van der Waals surface area contributed by atoms with Crippen LogP contribution in [0.3, 0.4) is 0 Å². The predicted molar refractivity (Wildman–Crippen MR) is 77.0 cm³/mol. The quantitative estimate of drug-likeness (QED) is 0.781. The van der Waals surface area contributed by atoms with E-state index in [4.69, 9.17) is 0 Å². The Labute approximate surface area is 122 Å². The number of nitrogens with zero attached hydrogens (tertiary/aromatic N) is 3. The maximum atomic E-state index is 12.2. The summed E-state index contributed by atoms with van der Waals surface area (Å²) in [5.41, 5.74) is 0. The SMILES string of the molecule is CNCCn1cc(S(=O)(=O)NC(C)c2nccs2)cn1. The van der Waals surface area contributed by atoms with Crippen LogP contribution >= 0.6 is 11.3 Å². The summed E-state index contributed by atoms with van der Waals surface area (Å²) in [5, 5.41) is 9.56. The van der Waals surface area contributed by atoms with Gasteiger partial charge in [0, 0.05) is 24.3 Å². The van der Waals surface area contributed by atoms with Gasteiger partial charge in [-0.1, -0.05) is 0 Å². The zero-order valence-corrected chi connectivity index (χ0v) is 12.9. The maximum Gasteiger partial charge on any atom is 0.244 e. The Morgan fingerprint density at radius 3 is 2.95 bits per heavy atom. The molecule has 2 rings (SSSR count). The van der Waals surface area contributed by atoms with Crippen molar-refractivity contribution in [2.45, 2.75) is 24.4 Å². The number of nitrogens with one attached hydrogen (secondary N) is 2. The highest BCUT2D eigenvalue weighted by atomic mass is 32.2. The molecular weight excluding hydrogens is 298 g/mol. The Balaban J connectivity index is 2.08. The first kappa shape index (κ1) is 15.1. The average molecular weight is 315 g/mol. The molecule has 0 aromatic carbocycles. The highest BCUT2D eigenvalue weighted by molar-refractivity contribution is 7.89. The van der Waals surface area contributed by atoms with Gasteiger partial charge in [0.05, 0.1) is 18.8 Å². The van der Waals surface area contributed by atoms with Crippen molar-refractivity contribution in [3.05, 3.63) is 29.0 Å². The van der Waals surface area contributed by atoms with Gasteiger partial charge in [-0.15, -0.1) is 11.3 Å². The summed E-state index contributed by atoms with van der Waals surface area (Å²) in [5.74, 6) is 0. The first-order valence-electron chi connectivity index (χ1n) is 6.11. The Bertz CT molecular complexity index is 636. The molecule has 1 unspecified atom stereocenters. The highest BCUT2D eigenvalue weighted by Crippen LogP contribution is 2.18. The molecule has 2 aromatic heterocycles. The molecule has 110 valence electrons. The fourth-order valence-corrected chi connectivity index (χ4v) is 3.51. The van der Waals surface area contributed by atoms with Crippen molar-refractivity contribution >= 4 is 21.4 Å². The van der Waals surface area contributed by atoms with Crippen molar-refractivity contribution in [1.29, 1.82) is 0 Å². The topological polar surface area (TPSA) is 88.9 Å². The zero-order valence-electron chi connectivity index (χ0n) is 11.3. The minimum Gasteiger partial charge on any atom is -0.318 e. The Morgan fingerprint density at radius 1 is 1.50 bits per heavy atom. The second-order valence-corrected chi connectivity index (χ2v) is 6.90. The largest absolute Gasteiger partial charge is 0.318 e. The van der Waals surface area contributed by atoms with Gasteiger partial charge >= 0.3 is 0 Å². The molecule has 0 spiro atoms. The first-order chi connectivity index (χ1) is 9.53. The molecule has 20 heavy (non-hydrogen) atoms. The zero-order chi connectivity index (χ0) is 14.6. The van der Waals surface area contributed by atoms with Crippen LogP contribution in [0.1, 0.15) is 18.0 Å². The van der Waals surface area contributed by atoms with Gasteiger partial charge in [0.1, 0.15) is 9.90 Å². The smallest absolute Gasteiger partial charge is 0.244 e. The molecule has 0 bridgehead atoms. The lowest BCUT2D eigenvalue weighted by atomic mass is 10.4. The molecule has 0 saturated carbocycles. The normalized spacial score (nSPS) is 13.5. The molecule has 0 aliphatic rings. The van der Waals surface area contributed by atoms with Gasteiger partial charge in [-0.05, 0) is 14.0 Å². The third-order valence-corrected chi connectivity index (χ3v) is 5.12. The lowest BCUT2D eigenvalue weighted by Crippen LogP contribution is -2.26. The molecule has 2 aromatic rings. The summed E-state index contributed by atoms with van der Waals surface area (Å²) in [6.45, 7) is 3.11. The van der Waals surface area contributed by atoms with Gasteiger partial charge < -0.3 is 5.32 Å². The molecular formula is C11H17N5O2S2. The van der Waals surface area contributed by atoms with Crippen LogP contribution in [0.25, 0.3) is 0 Å². The standard InChI is InChI=1S/C11H17N5O2S2/c1-9(11-13-4-6-19-11)15-20(17,18)10-7-14-16(8-10)5-3-12-2/h4,6-9,12,15H,3,5H2,1-2H3. The van der Waals surface area contributed by atoms with Crippen LogP contribution in [-0.4, -0.2) is 36.8 Å². The van der Waals surface area contributed by atoms with E-state index in [1.165, 1.54) is 23.7 Å². The Hall–Kier alpha value is -1.29. The fraction of sp³-hybridized carbons (Fsp3) is 0.455. The van der Waals surface area contributed by atoms with Crippen LogP contribution in [0.5, 0.6) is 0 Å². The van der Waals surface area contributed by atoms with E-state index in [1.54, 1.807) is 17.8 Å². The van der Waals surface area contributed by atoms with E-state index in [0.717, 1.165) is 11.6 Å². The van der Waals surface area contributed by atoms with Gasteiger partial charge in [0.2, 0.25) is 10.0 Å².